The second-order valence-electron chi connectivity index (χ2n) is 7.60. The average Bonchev–Trinajstić information content (AvgIpc) is 3.18. The first-order valence-electron chi connectivity index (χ1n) is 8.57. The predicted octanol–water partition coefficient (Wildman–Crippen LogP) is 1.97. The molecular weight excluding hydrogens is 316 g/mol. The summed E-state index contributed by atoms with van der Waals surface area (Å²) in [6.07, 6.45) is 8.89. The Labute approximate surface area is 146 Å². The molecule has 3 aromatic heterocycles. The number of hydrogen-bond acceptors (Lipinski definition) is 4. The number of rotatable bonds is 2. The zero-order valence-corrected chi connectivity index (χ0v) is 14.7. The quantitative estimate of drug-likeness (QED) is 0.775. The second kappa shape index (κ2) is 5.68. The molecule has 4 heterocycles. The molecule has 0 aromatic carbocycles. The summed E-state index contributed by atoms with van der Waals surface area (Å²) in [5.74, 6) is 0.978. The molecule has 1 amide bonds. The van der Waals surface area contributed by atoms with Crippen molar-refractivity contribution in [2.24, 2.45) is 0 Å². The van der Waals surface area contributed by atoms with Crippen LogP contribution < -0.4 is 5.32 Å². The number of hydrogen-bond donors (Lipinski definition) is 1. The highest BCUT2D eigenvalue weighted by Crippen LogP contribution is 2.24. The Morgan fingerprint density at radius 2 is 2.20 bits per heavy atom. The molecule has 4 rings (SSSR count). The molecule has 1 N–H and O–H groups in total. The number of amides is 1. The Kier molecular flexibility index (Phi) is 3.59. The van der Waals surface area contributed by atoms with E-state index in [0.717, 1.165) is 30.9 Å². The Balaban J connectivity index is 1.51. The van der Waals surface area contributed by atoms with E-state index < -0.39 is 0 Å². The fourth-order valence-electron chi connectivity index (χ4n) is 3.17. The summed E-state index contributed by atoms with van der Waals surface area (Å²) >= 11 is 0. The van der Waals surface area contributed by atoms with Crippen molar-refractivity contribution < 1.29 is 4.79 Å². The van der Waals surface area contributed by atoms with Crippen molar-refractivity contribution in [3.8, 4) is 0 Å². The summed E-state index contributed by atoms with van der Waals surface area (Å²) < 4.78 is 3.78. The Morgan fingerprint density at radius 3 is 3.00 bits per heavy atom. The smallest absolute Gasteiger partial charge is 0.257 e. The van der Waals surface area contributed by atoms with Crippen LogP contribution in [0.15, 0.2) is 30.9 Å². The lowest BCUT2D eigenvalue weighted by Gasteiger charge is -2.24. The molecule has 0 radical (unpaired) electrons. The van der Waals surface area contributed by atoms with Crippen LogP contribution in [0.25, 0.3) is 5.65 Å². The molecule has 25 heavy (non-hydrogen) atoms. The van der Waals surface area contributed by atoms with Gasteiger partial charge in [-0.15, -0.1) is 0 Å². The molecule has 130 valence electrons. The van der Waals surface area contributed by atoms with Gasteiger partial charge in [0.25, 0.3) is 5.91 Å². The van der Waals surface area contributed by atoms with Gasteiger partial charge >= 0.3 is 0 Å². The van der Waals surface area contributed by atoms with E-state index in [1.807, 2.05) is 0 Å². The topological polar surface area (TPSA) is 77.1 Å². The first-order chi connectivity index (χ1) is 11.9. The Morgan fingerprint density at radius 1 is 1.36 bits per heavy atom. The Bertz CT molecular complexity index is 933. The maximum Gasteiger partial charge on any atom is 0.257 e. The van der Waals surface area contributed by atoms with Crippen molar-refractivity contribution in [1.29, 1.82) is 0 Å². The summed E-state index contributed by atoms with van der Waals surface area (Å²) in [7, 11) is 0. The highest BCUT2D eigenvalue weighted by Gasteiger charge is 2.26. The maximum absolute atomic E-state index is 12.6. The molecule has 0 spiro atoms. The summed E-state index contributed by atoms with van der Waals surface area (Å²) in [4.78, 5) is 21.6. The molecular formula is C18H22N6O. The highest BCUT2D eigenvalue weighted by molar-refractivity contribution is 5.99. The monoisotopic (exact) mass is 338 g/mol. The van der Waals surface area contributed by atoms with Gasteiger partial charge in [-0.05, 0) is 12.5 Å². The SMILES string of the molecule is CC(C)(C)c1cn2c(n1)CCC(NC(=O)c1cnn3cccnc13)C2. The molecule has 1 unspecified atom stereocenters. The van der Waals surface area contributed by atoms with Crippen LogP contribution in [0.3, 0.4) is 0 Å². The lowest BCUT2D eigenvalue weighted by molar-refractivity contribution is 0.0929. The third-order valence-corrected chi connectivity index (χ3v) is 4.62. The lowest BCUT2D eigenvalue weighted by Crippen LogP contribution is -2.40. The fourth-order valence-corrected chi connectivity index (χ4v) is 3.17. The average molecular weight is 338 g/mol. The number of carbonyl (C=O) groups excluding carboxylic acids is 1. The van der Waals surface area contributed by atoms with Crippen LogP contribution in [0, 0.1) is 0 Å². The van der Waals surface area contributed by atoms with Gasteiger partial charge in [0, 0.05) is 43.0 Å². The van der Waals surface area contributed by atoms with Gasteiger partial charge in [-0.25, -0.2) is 14.5 Å². The Hall–Kier alpha value is -2.70. The van der Waals surface area contributed by atoms with E-state index in [2.05, 4.69) is 46.9 Å². The molecule has 0 aliphatic carbocycles. The summed E-state index contributed by atoms with van der Waals surface area (Å²) in [6.45, 7) is 7.24. The largest absolute Gasteiger partial charge is 0.347 e. The first kappa shape index (κ1) is 15.8. The number of aromatic nitrogens is 5. The number of carbonyl (C=O) groups is 1. The standard InChI is InChI=1S/C18H22N6O/c1-18(2,3)14-11-23-10-12(5-6-15(23)22-14)21-17(25)13-9-20-24-8-4-7-19-16(13)24/h4,7-9,11-12H,5-6,10H2,1-3H3,(H,21,25). The van der Waals surface area contributed by atoms with Gasteiger partial charge in [-0.3, -0.25) is 4.79 Å². The van der Waals surface area contributed by atoms with E-state index in [9.17, 15) is 4.79 Å². The molecule has 0 fully saturated rings. The van der Waals surface area contributed by atoms with E-state index in [-0.39, 0.29) is 17.4 Å². The van der Waals surface area contributed by atoms with Gasteiger partial charge < -0.3 is 9.88 Å². The zero-order valence-electron chi connectivity index (χ0n) is 14.7. The van der Waals surface area contributed by atoms with E-state index in [1.165, 1.54) is 0 Å². The first-order valence-corrected chi connectivity index (χ1v) is 8.57. The number of nitrogens with zero attached hydrogens (tertiary/aromatic N) is 5. The lowest BCUT2D eigenvalue weighted by atomic mass is 9.93. The zero-order chi connectivity index (χ0) is 17.6. The van der Waals surface area contributed by atoms with Crippen molar-refractivity contribution in [3.05, 3.63) is 47.9 Å². The molecule has 1 aliphatic rings. The molecule has 0 saturated heterocycles. The number of aryl methyl sites for hydroxylation is 1. The minimum absolute atomic E-state index is 0.0336. The number of imidazole rings is 1. The van der Waals surface area contributed by atoms with Crippen LogP contribution in [0.2, 0.25) is 0 Å². The minimum Gasteiger partial charge on any atom is -0.347 e. The highest BCUT2D eigenvalue weighted by atomic mass is 16.1. The molecule has 1 atom stereocenters. The van der Waals surface area contributed by atoms with Crippen LogP contribution in [-0.4, -0.2) is 36.1 Å². The predicted molar refractivity (Wildman–Crippen MR) is 93.5 cm³/mol. The van der Waals surface area contributed by atoms with Crippen molar-refractivity contribution in [3.63, 3.8) is 0 Å². The molecule has 1 aliphatic heterocycles. The van der Waals surface area contributed by atoms with Gasteiger partial charge in [0.15, 0.2) is 5.65 Å². The molecule has 7 nitrogen and oxygen atoms in total. The van der Waals surface area contributed by atoms with Crippen LogP contribution >= 0.6 is 0 Å². The van der Waals surface area contributed by atoms with E-state index in [0.29, 0.717) is 11.2 Å². The van der Waals surface area contributed by atoms with E-state index >= 15 is 0 Å². The van der Waals surface area contributed by atoms with Crippen molar-refractivity contribution in [2.75, 3.05) is 0 Å². The van der Waals surface area contributed by atoms with Crippen molar-refractivity contribution in [2.45, 2.75) is 51.6 Å². The van der Waals surface area contributed by atoms with E-state index in [1.54, 1.807) is 29.2 Å². The molecule has 0 bridgehead atoms. The number of nitrogens with one attached hydrogen (secondary N) is 1. The fraction of sp³-hybridized carbons (Fsp3) is 0.444. The van der Waals surface area contributed by atoms with Crippen LogP contribution in [0.1, 0.15) is 49.1 Å². The van der Waals surface area contributed by atoms with Gasteiger partial charge in [0.2, 0.25) is 0 Å². The summed E-state index contributed by atoms with van der Waals surface area (Å²) in [5, 5.41) is 7.30. The van der Waals surface area contributed by atoms with Crippen LogP contribution in [0.4, 0.5) is 0 Å². The number of fused-ring (bicyclic) bond motifs is 2. The normalized spacial score (nSPS) is 17.5. The molecule has 0 saturated carbocycles. The second-order valence-corrected chi connectivity index (χ2v) is 7.60. The van der Waals surface area contributed by atoms with Crippen LogP contribution in [0.5, 0.6) is 0 Å². The molecule has 3 aromatic rings. The van der Waals surface area contributed by atoms with Gasteiger partial charge in [0.05, 0.1) is 11.9 Å². The van der Waals surface area contributed by atoms with Gasteiger partial charge in [-0.2, -0.15) is 5.10 Å². The van der Waals surface area contributed by atoms with E-state index in [4.69, 9.17) is 4.98 Å². The maximum atomic E-state index is 12.6. The minimum atomic E-state index is -0.127. The van der Waals surface area contributed by atoms with Crippen molar-refractivity contribution in [1.82, 2.24) is 29.5 Å². The molecule has 7 heteroatoms. The third-order valence-electron chi connectivity index (χ3n) is 4.62. The summed E-state index contributed by atoms with van der Waals surface area (Å²) in [6, 6.07) is 1.87. The van der Waals surface area contributed by atoms with Crippen molar-refractivity contribution >= 4 is 11.6 Å². The van der Waals surface area contributed by atoms with Gasteiger partial charge in [-0.1, -0.05) is 20.8 Å². The van der Waals surface area contributed by atoms with Crippen LogP contribution in [-0.2, 0) is 18.4 Å². The summed E-state index contributed by atoms with van der Waals surface area (Å²) in [5.41, 5.74) is 2.22. The third kappa shape index (κ3) is 2.90. The van der Waals surface area contributed by atoms with Gasteiger partial charge in [0.1, 0.15) is 11.4 Å².